The van der Waals surface area contributed by atoms with Crippen molar-refractivity contribution in [2.24, 2.45) is 13.0 Å². The molecule has 17 heavy (non-hydrogen) atoms. The third-order valence-electron chi connectivity index (χ3n) is 3.97. The summed E-state index contributed by atoms with van der Waals surface area (Å²) in [6.07, 6.45) is 11.1. The lowest BCUT2D eigenvalue weighted by Gasteiger charge is -2.24. The van der Waals surface area contributed by atoms with Crippen molar-refractivity contribution in [3.63, 3.8) is 0 Å². The highest BCUT2D eigenvalue weighted by molar-refractivity contribution is 5.13. The first-order valence-electron chi connectivity index (χ1n) is 7.00. The van der Waals surface area contributed by atoms with E-state index in [-0.39, 0.29) is 0 Å². The first-order chi connectivity index (χ1) is 8.31. The third-order valence-corrected chi connectivity index (χ3v) is 3.97. The van der Waals surface area contributed by atoms with Gasteiger partial charge in [0.05, 0.1) is 6.20 Å². The molecule has 1 heterocycles. The molecular weight excluding hydrogens is 210 g/mol. The molecule has 96 valence electrons. The predicted molar refractivity (Wildman–Crippen MR) is 71.1 cm³/mol. The molecule has 3 nitrogen and oxygen atoms in total. The van der Waals surface area contributed by atoms with Crippen LogP contribution >= 0.6 is 0 Å². The summed E-state index contributed by atoms with van der Waals surface area (Å²) in [6, 6.07) is 0. The van der Waals surface area contributed by atoms with E-state index in [2.05, 4.69) is 29.7 Å². The van der Waals surface area contributed by atoms with Crippen LogP contribution < -0.4 is 5.32 Å². The molecule has 0 radical (unpaired) electrons. The number of hydrogen-bond donors (Lipinski definition) is 1. The zero-order valence-corrected chi connectivity index (χ0v) is 11.2. The highest BCUT2D eigenvalue weighted by Crippen LogP contribution is 2.35. The normalized spacial score (nSPS) is 25.8. The topological polar surface area (TPSA) is 29.9 Å². The first-order valence-corrected chi connectivity index (χ1v) is 7.00. The molecule has 0 amide bonds. The van der Waals surface area contributed by atoms with Gasteiger partial charge in [-0.25, -0.2) is 0 Å². The van der Waals surface area contributed by atoms with Gasteiger partial charge in [-0.3, -0.25) is 4.68 Å². The number of aryl methyl sites for hydroxylation is 1. The van der Waals surface area contributed by atoms with Crippen molar-refractivity contribution in [1.82, 2.24) is 15.1 Å². The van der Waals surface area contributed by atoms with E-state index in [1.165, 1.54) is 37.7 Å². The van der Waals surface area contributed by atoms with E-state index in [9.17, 15) is 0 Å². The van der Waals surface area contributed by atoms with Crippen molar-refractivity contribution in [3.8, 4) is 0 Å². The molecule has 1 aromatic rings. The molecule has 1 aliphatic rings. The summed E-state index contributed by atoms with van der Waals surface area (Å²) >= 11 is 0. The summed E-state index contributed by atoms with van der Waals surface area (Å²) in [4.78, 5) is 0. The minimum absolute atomic E-state index is 0.713. The van der Waals surface area contributed by atoms with E-state index >= 15 is 0 Å². The standard InChI is InChI=1S/C14H25N3/c1-3-15-9-12-7-5-4-6-8-14(12)13-10-16-17(2)11-13/h10-12,14-15H,3-9H2,1-2H3. The van der Waals surface area contributed by atoms with Crippen molar-refractivity contribution in [3.05, 3.63) is 18.0 Å². The van der Waals surface area contributed by atoms with Gasteiger partial charge in [0.15, 0.2) is 0 Å². The Balaban J connectivity index is 2.08. The maximum atomic E-state index is 4.33. The smallest absolute Gasteiger partial charge is 0.0524 e. The summed E-state index contributed by atoms with van der Waals surface area (Å²) in [6.45, 7) is 4.43. The molecule has 1 N–H and O–H groups in total. The monoisotopic (exact) mass is 235 g/mol. The van der Waals surface area contributed by atoms with Gasteiger partial charge in [0.2, 0.25) is 0 Å². The van der Waals surface area contributed by atoms with E-state index in [0.29, 0.717) is 5.92 Å². The Labute approximate surface area is 105 Å². The number of nitrogens with zero attached hydrogens (tertiary/aromatic N) is 2. The fourth-order valence-electron chi connectivity index (χ4n) is 3.03. The second-order valence-electron chi connectivity index (χ2n) is 5.26. The maximum absolute atomic E-state index is 4.33. The van der Waals surface area contributed by atoms with Crippen LogP contribution in [0.2, 0.25) is 0 Å². The Morgan fingerprint density at radius 2 is 2.18 bits per heavy atom. The highest BCUT2D eigenvalue weighted by Gasteiger charge is 2.25. The minimum atomic E-state index is 0.713. The molecule has 0 saturated heterocycles. The second-order valence-corrected chi connectivity index (χ2v) is 5.26. The van der Waals surface area contributed by atoms with Crippen LogP contribution in [-0.2, 0) is 7.05 Å². The zero-order valence-electron chi connectivity index (χ0n) is 11.2. The van der Waals surface area contributed by atoms with Crippen LogP contribution in [0.1, 0.15) is 50.5 Å². The summed E-state index contributed by atoms with van der Waals surface area (Å²) < 4.78 is 1.94. The molecule has 1 aliphatic carbocycles. The molecule has 0 spiro atoms. The summed E-state index contributed by atoms with van der Waals surface area (Å²) in [5, 5.41) is 7.86. The van der Waals surface area contributed by atoms with Crippen molar-refractivity contribution in [2.75, 3.05) is 13.1 Å². The summed E-state index contributed by atoms with van der Waals surface area (Å²) in [5.74, 6) is 1.51. The van der Waals surface area contributed by atoms with Gasteiger partial charge in [-0.15, -0.1) is 0 Å². The molecule has 2 rings (SSSR count). The zero-order chi connectivity index (χ0) is 12.1. The molecule has 2 atom stereocenters. The Kier molecular flexibility index (Phi) is 4.60. The first kappa shape index (κ1) is 12.6. The Morgan fingerprint density at radius 3 is 2.88 bits per heavy atom. The highest BCUT2D eigenvalue weighted by atomic mass is 15.2. The van der Waals surface area contributed by atoms with E-state index in [0.717, 1.165) is 19.0 Å². The van der Waals surface area contributed by atoms with E-state index < -0.39 is 0 Å². The molecular formula is C14H25N3. The van der Waals surface area contributed by atoms with Crippen molar-refractivity contribution in [2.45, 2.75) is 44.9 Å². The van der Waals surface area contributed by atoms with Crippen LogP contribution in [-0.4, -0.2) is 22.9 Å². The number of rotatable bonds is 4. The second kappa shape index (κ2) is 6.20. The predicted octanol–water partition coefficient (Wildman–Crippen LogP) is 2.69. The summed E-state index contributed by atoms with van der Waals surface area (Å²) in [5.41, 5.74) is 1.44. The maximum Gasteiger partial charge on any atom is 0.0524 e. The Bertz CT molecular complexity index is 332. The van der Waals surface area contributed by atoms with Crippen molar-refractivity contribution >= 4 is 0 Å². The van der Waals surface area contributed by atoms with Crippen LogP contribution in [0.15, 0.2) is 12.4 Å². The van der Waals surface area contributed by atoms with Gasteiger partial charge in [-0.2, -0.15) is 5.10 Å². The Hall–Kier alpha value is -0.830. The number of aromatic nitrogens is 2. The van der Waals surface area contributed by atoms with Crippen LogP contribution in [0.4, 0.5) is 0 Å². The molecule has 0 bridgehead atoms. The summed E-state index contributed by atoms with van der Waals surface area (Å²) in [7, 11) is 2.01. The average Bonchev–Trinajstić information content (AvgIpc) is 2.63. The SMILES string of the molecule is CCNCC1CCCCCC1c1cnn(C)c1. The number of nitrogens with one attached hydrogen (secondary N) is 1. The van der Waals surface area contributed by atoms with Gasteiger partial charge >= 0.3 is 0 Å². The number of hydrogen-bond acceptors (Lipinski definition) is 2. The molecule has 1 saturated carbocycles. The fraction of sp³-hybridized carbons (Fsp3) is 0.786. The molecule has 3 heteroatoms. The lowest BCUT2D eigenvalue weighted by atomic mass is 9.84. The van der Waals surface area contributed by atoms with E-state index in [1.54, 1.807) is 0 Å². The van der Waals surface area contributed by atoms with Crippen LogP contribution in [0.25, 0.3) is 0 Å². The van der Waals surface area contributed by atoms with Crippen molar-refractivity contribution < 1.29 is 0 Å². The minimum Gasteiger partial charge on any atom is -0.317 e. The lowest BCUT2D eigenvalue weighted by molar-refractivity contribution is 0.378. The van der Waals surface area contributed by atoms with Gasteiger partial charge in [0, 0.05) is 13.2 Å². The largest absolute Gasteiger partial charge is 0.317 e. The quantitative estimate of drug-likeness (QED) is 0.813. The van der Waals surface area contributed by atoms with Crippen LogP contribution in [0.3, 0.4) is 0 Å². The fourth-order valence-corrected chi connectivity index (χ4v) is 3.03. The van der Waals surface area contributed by atoms with Gasteiger partial charge in [-0.05, 0) is 43.3 Å². The molecule has 1 fully saturated rings. The van der Waals surface area contributed by atoms with Crippen LogP contribution in [0.5, 0.6) is 0 Å². The molecule has 0 aliphatic heterocycles. The molecule has 1 aromatic heterocycles. The van der Waals surface area contributed by atoms with Gasteiger partial charge in [0.1, 0.15) is 0 Å². The molecule has 2 unspecified atom stereocenters. The van der Waals surface area contributed by atoms with Gasteiger partial charge in [-0.1, -0.05) is 26.2 Å². The van der Waals surface area contributed by atoms with Gasteiger partial charge < -0.3 is 5.32 Å². The van der Waals surface area contributed by atoms with Crippen molar-refractivity contribution in [1.29, 1.82) is 0 Å². The van der Waals surface area contributed by atoms with E-state index in [1.807, 2.05) is 11.7 Å². The van der Waals surface area contributed by atoms with E-state index in [4.69, 9.17) is 0 Å². The average molecular weight is 235 g/mol. The molecule has 0 aromatic carbocycles. The lowest BCUT2D eigenvalue weighted by Crippen LogP contribution is -2.26. The third kappa shape index (κ3) is 3.32. The Morgan fingerprint density at radius 1 is 1.35 bits per heavy atom. The van der Waals surface area contributed by atoms with Gasteiger partial charge in [0.25, 0.3) is 0 Å². The van der Waals surface area contributed by atoms with Crippen LogP contribution in [0, 0.1) is 5.92 Å².